The van der Waals surface area contributed by atoms with Crippen LogP contribution in [0.2, 0.25) is 0 Å². The molecule has 19 heavy (non-hydrogen) atoms. The lowest BCUT2D eigenvalue weighted by Crippen LogP contribution is -2.14. The molecule has 4 heteroatoms. The molecule has 0 spiro atoms. The summed E-state index contributed by atoms with van der Waals surface area (Å²) in [6.45, 7) is 4.10. The van der Waals surface area contributed by atoms with E-state index in [0.29, 0.717) is 11.5 Å². The fraction of sp³-hybridized carbons (Fsp3) is 0.533. The highest BCUT2D eigenvalue weighted by atomic mass is 16.5. The summed E-state index contributed by atoms with van der Waals surface area (Å²) in [5.74, 6) is 0.197. The molecule has 0 saturated heterocycles. The van der Waals surface area contributed by atoms with E-state index in [-0.39, 0.29) is 17.8 Å². The van der Waals surface area contributed by atoms with Gasteiger partial charge in [0.25, 0.3) is 0 Å². The number of aromatic carboxylic acids is 1. The van der Waals surface area contributed by atoms with Crippen molar-refractivity contribution in [2.24, 2.45) is 0 Å². The average molecular weight is 264 g/mol. The van der Waals surface area contributed by atoms with Crippen LogP contribution in [0.15, 0.2) is 18.2 Å². The van der Waals surface area contributed by atoms with Gasteiger partial charge in [0.05, 0.1) is 17.8 Å². The van der Waals surface area contributed by atoms with Gasteiger partial charge in [0.15, 0.2) is 0 Å². The Morgan fingerprint density at radius 1 is 1.26 bits per heavy atom. The minimum Gasteiger partial charge on any atom is -0.490 e. The maximum atomic E-state index is 11.1. The van der Waals surface area contributed by atoms with Crippen molar-refractivity contribution >= 4 is 5.97 Å². The minimum absolute atomic E-state index is 0.109. The highest BCUT2D eigenvalue weighted by Crippen LogP contribution is 2.31. The first-order valence-corrected chi connectivity index (χ1v) is 6.84. The van der Waals surface area contributed by atoms with Gasteiger partial charge in [0.2, 0.25) is 0 Å². The highest BCUT2D eigenvalue weighted by molar-refractivity contribution is 5.88. The first kappa shape index (κ1) is 13.7. The molecule has 0 atom stereocenters. The Morgan fingerprint density at radius 3 is 2.42 bits per heavy atom. The molecule has 1 saturated carbocycles. The van der Waals surface area contributed by atoms with E-state index in [2.05, 4.69) is 13.8 Å². The molecule has 0 amide bonds. The summed E-state index contributed by atoms with van der Waals surface area (Å²) >= 11 is 0. The first-order valence-electron chi connectivity index (χ1n) is 6.84. The standard InChI is InChI=1S/C15H20O4/c1-3-11(4-2)18-13-7-10(15(16)17)8-14(9-13)19-12-5-6-12/h7-9,11-12H,3-6H2,1-2H3,(H,16,17). The summed E-state index contributed by atoms with van der Waals surface area (Å²) in [6, 6.07) is 4.89. The molecule has 1 aromatic rings. The van der Waals surface area contributed by atoms with Crippen molar-refractivity contribution in [2.45, 2.75) is 51.7 Å². The lowest BCUT2D eigenvalue weighted by Gasteiger charge is -2.17. The zero-order valence-corrected chi connectivity index (χ0v) is 11.4. The average Bonchev–Trinajstić information content (AvgIpc) is 3.19. The van der Waals surface area contributed by atoms with Gasteiger partial charge < -0.3 is 14.6 Å². The summed E-state index contributed by atoms with van der Waals surface area (Å²) < 4.78 is 11.5. The second-order valence-corrected chi connectivity index (χ2v) is 4.87. The number of carboxylic acid groups (broad SMARTS) is 1. The Kier molecular flexibility index (Phi) is 4.30. The predicted molar refractivity (Wildman–Crippen MR) is 72.0 cm³/mol. The van der Waals surface area contributed by atoms with Crippen molar-refractivity contribution in [1.82, 2.24) is 0 Å². The van der Waals surface area contributed by atoms with E-state index in [4.69, 9.17) is 14.6 Å². The fourth-order valence-corrected chi connectivity index (χ4v) is 1.86. The minimum atomic E-state index is -0.962. The lowest BCUT2D eigenvalue weighted by atomic mass is 10.2. The van der Waals surface area contributed by atoms with Gasteiger partial charge in [-0.25, -0.2) is 4.79 Å². The number of hydrogen-bond acceptors (Lipinski definition) is 3. The van der Waals surface area contributed by atoms with Gasteiger partial charge in [0, 0.05) is 6.07 Å². The Bertz CT molecular complexity index is 447. The van der Waals surface area contributed by atoms with Gasteiger partial charge in [-0.05, 0) is 37.8 Å². The van der Waals surface area contributed by atoms with E-state index in [1.807, 2.05) is 0 Å². The maximum Gasteiger partial charge on any atom is 0.335 e. The molecule has 0 aliphatic heterocycles. The third kappa shape index (κ3) is 3.88. The van der Waals surface area contributed by atoms with E-state index >= 15 is 0 Å². The summed E-state index contributed by atoms with van der Waals surface area (Å²) in [5.41, 5.74) is 0.208. The van der Waals surface area contributed by atoms with Crippen LogP contribution < -0.4 is 9.47 Å². The van der Waals surface area contributed by atoms with Crippen LogP contribution in [0.5, 0.6) is 11.5 Å². The summed E-state index contributed by atoms with van der Waals surface area (Å²) in [6.07, 6.45) is 4.22. The van der Waals surface area contributed by atoms with Gasteiger partial charge in [-0.15, -0.1) is 0 Å². The van der Waals surface area contributed by atoms with Gasteiger partial charge in [-0.2, -0.15) is 0 Å². The highest BCUT2D eigenvalue weighted by Gasteiger charge is 2.24. The zero-order valence-electron chi connectivity index (χ0n) is 11.4. The predicted octanol–water partition coefficient (Wildman–Crippen LogP) is 3.49. The van der Waals surface area contributed by atoms with Crippen molar-refractivity contribution in [2.75, 3.05) is 0 Å². The van der Waals surface area contributed by atoms with E-state index in [9.17, 15) is 4.79 Å². The number of carbonyl (C=O) groups is 1. The third-order valence-electron chi connectivity index (χ3n) is 3.17. The van der Waals surface area contributed by atoms with E-state index < -0.39 is 5.97 Å². The smallest absolute Gasteiger partial charge is 0.335 e. The van der Waals surface area contributed by atoms with E-state index in [1.165, 1.54) is 0 Å². The third-order valence-corrected chi connectivity index (χ3v) is 3.17. The SMILES string of the molecule is CCC(CC)Oc1cc(OC2CC2)cc(C(=O)O)c1. The first-order chi connectivity index (χ1) is 9.12. The molecule has 0 unspecified atom stereocenters. The largest absolute Gasteiger partial charge is 0.490 e. The molecule has 1 aliphatic carbocycles. The molecule has 0 bridgehead atoms. The van der Waals surface area contributed by atoms with Gasteiger partial charge in [-0.1, -0.05) is 13.8 Å². The number of hydrogen-bond donors (Lipinski definition) is 1. The Labute approximate surface area is 113 Å². The number of rotatable bonds is 7. The lowest BCUT2D eigenvalue weighted by molar-refractivity contribution is 0.0695. The molecule has 1 N–H and O–H groups in total. The molecule has 104 valence electrons. The second kappa shape index (κ2) is 5.95. The van der Waals surface area contributed by atoms with Crippen molar-refractivity contribution in [3.05, 3.63) is 23.8 Å². The van der Waals surface area contributed by atoms with Crippen molar-refractivity contribution in [3.63, 3.8) is 0 Å². The molecule has 0 aromatic heterocycles. The normalized spacial score (nSPS) is 14.5. The van der Waals surface area contributed by atoms with Crippen LogP contribution in [0.3, 0.4) is 0 Å². The van der Waals surface area contributed by atoms with Crippen LogP contribution in [-0.2, 0) is 0 Å². The van der Waals surface area contributed by atoms with Crippen LogP contribution in [0.25, 0.3) is 0 Å². The Hall–Kier alpha value is -1.71. The van der Waals surface area contributed by atoms with Crippen LogP contribution in [-0.4, -0.2) is 23.3 Å². The van der Waals surface area contributed by atoms with E-state index in [0.717, 1.165) is 25.7 Å². The van der Waals surface area contributed by atoms with Crippen LogP contribution in [0.4, 0.5) is 0 Å². The van der Waals surface area contributed by atoms with Crippen molar-refractivity contribution < 1.29 is 19.4 Å². The Morgan fingerprint density at radius 2 is 1.89 bits per heavy atom. The summed E-state index contributed by atoms with van der Waals surface area (Å²) in [5, 5.41) is 9.12. The molecule has 2 rings (SSSR count). The van der Waals surface area contributed by atoms with Crippen LogP contribution in [0.1, 0.15) is 49.9 Å². The topological polar surface area (TPSA) is 55.8 Å². The second-order valence-electron chi connectivity index (χ2n) is 4.87. The maximum absolute atomic E-state index is 11.1. The molecule has 1 fully saturated rings. The molecule has 0 heterocycles. The molecular weight excluding hydrogens is 244 g/mol. The molecule has 1 aromatic carbocycles. The van der Waals surface area contributed by atoms with Crippen molar-refractivity contribution in [3.8, 4) is 11.5 Å². The van der Waals surface area contributed by atoms with Crippen LogP contribution in [0, 0.1) is 0 Å². The zero-order chi connectivity index (χ0) is 13.8. The summed E-state index contributed by atoms with van der Waals surface area (Å²) in [7, 11) is 0. The van der Waals surface area contributed by atoms with Gasteiger partial charge in [-0.3, -0.25) is 0 Å². The fourth-order valence-electron chi connectivity index (χ4n) is 1.86. The molecular formula is C15H20O4. The number of carboxylic acids is 1. The van der Waals surface area contributed by atoms with E-state index in [1.54, 1.807) is 18.2 Å². The summed E-state index contributed by atoms with van der Waals surface area (Å²) in [4.78, 5) is 11.1. The molecule has 0 radical (unpaired) electrons. The van der Waals surface area contributed by atoms with Crippen molar-refractivity contribution in [1.29, 1.82) is 0 Å². The van der Waals surface area contributed by atoms with Gasteiger partial charge >= 0.3 is 5.97 Å². The monoisotopic (exact) mass is 264 g/mol. The van der Waals surface area contributed by atoms with Gasteiger partial charge in [0.1, 0.15) is 11.5 Å². The quantitative estimate of drug-likeness (QED) is 0.819. The van der Waals surface area contributed by atoms with Crippen LogP contribution >= 0.6 is 0 Å². The number of benzene rings is 1. The molecule has 4 nitrogen and oxygen atoms in total. The molecule has 1 aliphatic rings. The number of ether oxygens (including phenoxy) is 2. The Balaban J connectivity index is 2.19.